The van der Waals surface area contributed by atoms with E-state index in [-0.39, 0.29) is 11.2 Å². The smallest absolute Gasteiger partial charge is 0.242 e. The molecule has 0 N–H and O–H groups in total. The van der Waals surface area contributed by atoms with Gasteiger partial charge in [-0.05, 0) is 49.1 Å². The molecule has 0 radical (unpaired) electrons. The Morgan fingerprint density at radius 1 is 1.27 bits per heavy atom. The predicted octanol–water partition coefficient (Wildman–Crippen LogP) is 5.32. The third-order valence-electron chi connectivity index (χ3n) is 4.56. The van der Waals surface area contributed by atoms with Crippen molar-refractivity contribution in [2.24, 2.45) is 4.99 Å². The van der Waals surface area contributed by atoms with Crippen LogP contribution in [0.15, 0.2) is 52.4 Å². The third-order valence-corrected chi connectivity index (χ3v) is 7.33. The summed E-state index contributed by atoms with van der Waals surface area (Å²) in [4.78, 5) is 21.0. The summed E-state index contributed by atoms with van der Waals surface area (Å²) in [5.74, 6) is 1.15. The zero-order valence-corrected chi connectivity index (χ0v) is 16.8. The summed E-state index contributed by atoms with van der Waals surface area (Å²) >= 11 is 9.55. The summed E-state index contributed by atoms with van der Waals surface area (Å²) < 4.78 is 0. The molecule has 2 aromatic carbocycles. The van der Waals surface area contributed by atoms with E-state index in [1.54, 1.807) is 23.5 Å². The summed E-state index contributed by atoms with van der Waals surface area (Å²) in [6.45, 7) is 2.71. The number of amidine groups is 1. The van der Waals surface area contributed by atoms with E-state index in [9.17, 15) is 4.79 Å². The number of thioether (sulfide) groups is 2. The molecule has 1 fully saturated rings. The molecule has 3 nitrogen and oxygen atoms in total. The first-order valence-corrected chi connectivity index (χ1v) is 10.9. The van der Waals surface area contributed by atoms with Crippen molar-refractivity contribution in [2.45, 2.75) is 29.9 Å². The lowest BCUT2D eigenvalue weighted by Gasteiger charge is -2.29. The molecular formula is C20H19ClN2OS2. The van der Waals surface area contributed by atoms with Gasteiger partial charge in [0, 0.05) is 22.2 Å². The van der Waals surface area contributed by atoms with Crippen molar-refractivity contribution < 1.29 is 4.79 Å². The van der Waals surface area contributed by atoms with Gasteiger partial charge in [0.15, 0.2) is 5.17 Å². The van der Waals surface area contributed by atoms with E-state index in [1.165, 1.54) is 10.5 Å². The summed E-state index contributed by atoms with van der Waals surface area (Å²) in [7, 11) is 0. The van der Waals surface area contributed by atoms with Crippen molar-refractivity contribution in [3.63, 3.8) is 0 Å². The molecule has 1 atom stereocenters. The number of hydrogen-bond acceptors (Lipinski definition) is 4. The Labute approximate surface area is 167 Å². The van der Waals surface area contributed by atoms with E-state index in [0.29, 0.717) is 5.02 Å². The molecule has 0 aliphatic carbocycles. The van der Waals surface area contributed by atoms with Gasteiger partial charge >= 0.3 is 0 Å². The fourth-order valence-corrected chi connectivity index (χ4v) is 5.51. The highest BCUT2D eigenvalue weighted by Crippen LogP contribution is 2.38. The molecule has 1 amide bonds. The van der Waals surface area contributed by atoms with Gasteiger partial charge in [-0.15, -0.1) is 11.8 Å². The Kier molecular flexibility index (Phi) is 5.30. The third kappa shape index (κ3) is 3.66. The number of nitrogens with zero attached hydrogens (tertiary/aromatic N) is 2. The SMILES string of the molecule is Cc1ccc(N=C2SCCCN2C(=O)C2Cc3ccccc3S2)cc1Cl. The number of carbonyl (C=O) groups excluding carboxylic acids is 1. The molecule has 2 heterocycles. The van der Waals surface area contributed by atoms with Crippen molar-refractivity contribution in [1.82, 2.24) is 4.90 Å². The van der Waals surface area contributed by atoms with Crippen LogP contribution in [0.25, 0.3) is 0 Å². The van der Waals surface area contributed by atoms with Crippen LogP contribution in [-0.4, -0.2) is 33.5 Å². The van der Waals surface area contributed by atoms with E-state index >= 15 is 0 Å². The first kappa shape index (κ1) is 18.0. The number of fused-ring (bicyclic) bond motifs is 1. The van der Waals surface area contributed by atoms with Crippen LogP contribution in [0.3, 0.4) is 0 Å². The molecule has 0 spiro atoms. The molecule has 1 saturated heterocycles. The molecule has 1 unspecified atom stereocenters. The normalized spacial score (nSPS) is 21.1. The lowest BCUT2D eigenvalue weighted by molar-refractivity contribution is -0.126. The maximum Gasteiger partial charge on any atom is 0.242 e. The van der Waals surface area contributed by atoms with Gasteiger partial charge in [0.25, 0.3) is 0 Å². The molecule has 2 aliphatic heterocycles. The molecule has 2 aromatic rings. The number of benzene rings is 2. The second kappa shape index (κ2) is 7.67. The molecule has 6 heteroatoms. The number of hydrogen-bond donors (Lipinski definition) is 0. The minimum Gasteiger partial charge on any atom is -0.290 e. The van der Waals surface area contributed by atoms with Gasteiger partial charge in [0.05, 0.1) is 10.9 Å². The van der Waals surface area contributed by atoms with Crippen molar-refractivity contribution in [3.05, 3.63) is 58.6 Å². The maximum absolute atomic E-state index is 13.2. The number of aliphatic imine (C=N–C) groups is 1. The summed E-state index contributed by atoms with van der Waals surface area (Å²) in [6, 6.07) is 14.1. The standard InChI is InChI=1S/C20H19ClN2OS2/c1-13-7-8-15(12-16(13)21)22-20-23(9-4-10-25-20)19(24)18-11-14-5-2-3-6-17(14)26-18/h2-3,5-8,12,18H,4,9-11H2,1H3. The van der Waals surface area contributed by atoms with Crippen LogP contribution < -0.4 is 0 Å². The van der Waals surface area contributed by atoms with Crippen molar-refractivity contribution >= 4 is 51.9 Å². The minimum absolute atomic E-state index is 0.0575. The van der Waals surface area contributed by atoms with E-state index in [4.69, 9.17) is 16.6 Å². The number of halogens is 1. The maximum atomic E-state index is 13.2. The zero-order valence-electron chi connectivity index (χ0n) is 14.4. The average molecular weight is 403 g/mol. The molecule has 2 aliphatic rings. The first-order valence-electron chi connectivity index (χ1n) is 8.65. The van der Waals surface area contributed by atoms with Crippen LogP contribution in [-0.2, 0) is 11.2 Å². The van der Waals surface area contributed by atoms with Gasteiger partial charge in [-0.1, -0.05) is 47.6 Å². The highest BCUT2D eigenvalue weighted by atomic mass is 35.5. The highest BCUT2D eigenvalue weighted by molar-refractivity contribution is 8.13. The van der Waals surface area contributed by atoms with E-state index in [2.05, 4.69) is 12.1 Å². The van der Waals surface area contributed by atoms with Crippen LogP contribution in [0.5, 0.6) is 0 Å². The minimum atomic E-state index is -0.0575. The van der Waals surface area contributed by atoms with Crippen molar-refractivity contribution in [3.8, 4) is 0 Å². The Balaban J connectivity index is 1.57. The van der Waals surface area contributed by atoms with E-state index in [0.717, 1.165) is 41.6 Å². The number of rotatable bonds is 2. The lowest BCUT2D eigenvalue weighted by Crippen LogP contribution is -2.43. The van der Waals surface area contributed by atoms with Gasteiger partial charge in [0.2, 0.25) is 5.91 Å². The van der Waals surface area contributed by atoms with Gasteiger partial charge in [-0.3, -0.25) is 9.69 Å². The summed E-state index contributed by atoms with van der Waals surface area (Å²) in [6.07, 6.45) is 1.79. The number of carbonyl (C=O) groups is 1. The monoisotopic (exact) mass is 402 g/mol. The molecule has 4 rings (SSSR count). The highest BCUT2D eigenvalue weighted by Gasteiger charge is 2.34. The largest absolute Gasteiger partial charge is 0.290 e. The Morgan fingerprint density at radius 3 is 2.92 bits per heavy atom. The zero-order chi connectivity index (χ0) is 18.1. The molecule has 26 heavy (non-hydrogen) atoms. The van der Waals surface area contributed by atoms with Gasteiger partial charge in [0.1, 0.15) is 0 Å². The van der Waals surface area contributed by atoms with Gasteiger partial charge in [-0.2, -0.15) is 0 Å². The van der Waals surface area contributed by atoms with Crippen LogP contribution in [0, 0.1) is 6.92 Å². The number of aryl methyl sites for hydroxylation is 1. The Morgan fingerprint density at radius 2 is 2.12 bits per heavy atom. The van der Waals surface area contributed by atoms with Crippen molar-refractivity contribution in [1.29, 1.82) is 0 Å². The number of amides is 1. The quantitative estimate of drug-likeness (QED) is 0.681. The van der Waals surface area contributed by atoms with Crippen molar-refractivity contribution in [2.75, 3.05) is 12.3 Å². The Bertz CT molecular complexity index is 859. The first-order chi connectivity index (χ1) is 12.6. The van der Waals surface area contributed by atoms with Gasteiger partial charge < -0.3 is 0 Å². The molecule has 134 valence electrons. The van der Waals surface area contributed by atoms with Gasteiger partial charge in [-0.25, -0.2) is 4.99 Å². The fraction of sp³-hybridized carbons (Fsp3) is 0.300. The molecule has 0 aromatic heterocycles. The van der Waals surface area contributed by atoms with Crippen LogP contribution in [0.4, 0.5) is 5.69 Å². The predicted molar refractivity (Wildman–Crippen MR) is 112 cm³/mol. The topological polar surface area (TPSA) is 32.7 Å². The second-order valence-corrected chi connectivity index (χ2v) is 9.15. The van der Waals surface area contributed by atoms with Crippen LogP contribution >= 0.6 is 35.1 Å². The van der Waals surface area contributed by atoms with E-state index < -0.39 is 0 Å². The van der Waals surface area contributed by atoms with Crippen LogP contribution in [0.1, 0.15) is 17.5 Å². The fourth-order valence-electron chi connectivity index (χ4n) is 3.11. The summed E-state index contributed by atoms with van der Waals surface area (Å²) in [5.41, 5.74) is 3.09. The van der Waals surface area contributed by atoms with Crippen LogP contribution in [0.2, 0.25) is 5.02 Å². The molecule has 0 bridgehead atoms. The lowest BCUT2D eigenvalue weighted by atomic mass is 10.1. The Hall–Kier alpha value is -1.43. The van der Waals surface area contributed by atoms with E-state index in [1.807, 2.05) is 42.2 Å². The molecule has 0 saturated carbocycles. The second-order valence-electron chi connectivity index (χ2n) is 6.44. The average Bonchev–Trinajstić information content (AvgIpc) is 3.09. The molecular weight excluding hydrogens is 384 g/mol. The summed E-state index contributed by atoms with van der Waals surface area (Å²) in [5, 5.41) is 1.43.